The summed E-state index contributed by atoms with van der Waals surface area (Å²) in [6.07, 6.45) is 7.03. The lowest BCUT2D eigenvalue weighted by Crippen LogP contribution is -2.52. The zero-order valence-corrected chi connectivity index (χ0v) is 27.9. The molecule has 1 amide bonds. The molecule has 2 aliphatic heterocycles. The van der Waals surface area contributed by atoms with Gasteiger partial charge in [0, 0.05) is 74.4 Å². The SMILES string of the molecule is COc1ccccc1-c1cc(C(=O)Nc2nc3ccc(N4CCC(N5CCN(C)CC5)CC4)cc3n2C2CCC(C)(O)CC2)ccn1. The molecule has 1 saturated carbocycles. The van der Waals surface area contributed by atoms with E-state index in [9.17, 15) is 9.90 Å². The Hall–Kier alpha value is -3.99. The number of methoxy groups -OCH3 is 1. The van der Waals surface area contributed by atoms with E-state index in [2.05, 4.69) is 54.8 Å². The lowest BCUT2D eigenvalue weighted by Gasteiger charge is -2.42. The van der Waals surface area contributed by atoms with Crippen LogP contribution < -0.4 is 15.0 Å². The Kier molecular flexibility index (Phi) is 8.91. The van der Waals surface area contributed by atoms with Crippen LogP contribution in [-0.2, 0) is 0 Å². The van der Waals surface area contributed by atoms with Gasteiger partial charge in [-0.2, -0.15) is 0 Å². The number of aromatic nitrogens is 3. The molecule has 248 valence electrons. The maximum Gasteiger partial charge on any atom is 0.258 e. The van der Waals surface area contributed by atoms with Crippen LogP contribution in [0.2, 0.25) is 0 Å². The molecule has 2 N–H and O–H groups in total. The van der Waals surface area contributed by atoms with Gasteiger partial charge in [0.2, 0.25) is 5.95 Å². The zero-order valence-electron chi connectivity index (χ0n) is 27.9. The van der Waals surface area contributed by atoms with Crippen molar-refractivity contribution in [2.45, 2.75) is 63.1 Å². The highest BCUT2D eigenvalue weighted by molar-refractivity contribution is 6.04. The minimum Gasteiger partial charge on any atom is -0.496 e. The summed E-state index contributed by atoms with van der Waals surface area (Å²) in [5.41, 5.74) is 4.40. The molecular weight excluding hydrogens is 590 g/mol. The van der Waals surface area contributed by atoms with E-state index < -0.39 is 5.60 Å². The number of rotatable bonds is 7. The number of ether oxygens (including phenoxy) is 1. The van der Waals surface area contributed by atoms with Crippen LogP contribution >= 0.6 is 0 Å². The number of carbonyl (C=O) groups excluding carboxylic acids is 1. The van der Waals surface area contributed by atoms with Crippen LogP contribution in [-0.4, -0.2) is 100 Å². The molecule has 1 aliphatic carbocycles. The Balaban J connectivity index is 1.15. The summed E-state index contributed by atoms with van der Waals surface area (Å²) < 4.78 is 7.75. The number of nitrogens with one attached hydrogen (secondary N) is 1. The average molecular weight is 638 g/mol. The summed E-state index contributed by atoms with van der Waals surface area (Å²) in [5, 5.41) is 13.9. The number of aliphatic hydroxyl groups is 1. The summed E-state index contributed by atoms with van der Waals surface area (Å²) >= 11 is 0. The first kappa shape index (κ1) is 31.6. The summed E-state index contributed by atoms with van der Waals surface area (Å²) in [5.74, 6) is 0.999. The van der Waals surface area contributed by atoms with Gasteiger partial charge in [0.15, 0.2) is 0 Å². The Morgan fingerprint density at radius 3 is 2.43 bits per heavy atom. The van der Waals surface area contributed by atoms with Crippen LogP contribution in [0.25, 0.3) is 22.3 Å². The van der Waals surface area contributed by atoms with Crippen molar-refractivity contribution >= 4 is 28.6 Å². The van der Waals surface area contributed by atoms with Crippen molar-refractivity contribution in [3.05, 3.63) is 66.4 Å². The van der Waals surface area contributed by atoms with E-state index in [4.69, 9.17) is 9.72 Å². The Bertz CT molecular complexity index is 1710. The topological polar surface area (TPSA) is 99.0 Å². The number of para-hydroxylation sites is 1. The molecule has 0 spiro atoms. The second kappa shape index (κ2) is 13.3. The summed E-state index contributed by atoms with van der Waals surface area (Å²) in [6, 6.07) is 18.5. The van der Waals surface area contributed by atoms with Crippen molar-refractivity contribution < 1.29 is 14.6 Å². The molecule has 0 radical (unpaired) electrons. The molecule has 47 heavy (non-hydrogen) atoms. The third-order valence-corrected chi connectivity index (χ3v) is 10.6. The molecule has 2 saturated heterocycles. The van der Waals surface area contributed by atoms with E-state index >= 15 is 0 Å². The molecule has 2 aromatic heterocycles. The fourth-order valence-electron chi connectivity index (χ4n) is 7.64. The monoisotopic (exact) mass is 637 g/mol. The first-order valence-electron chi connectivity index (χ1n) is 17.1. The van der Waals surface area contributed by atoms with Crippen LogP contribution in [0.15, 0.2) is 60.8 Å². The summed E-state index contributed by atoms with van der Waals surface area (Å²) in [4.78, 5) is 30.9. The maximum absolute atomic E-state index is 13.8. The molecule has 7 rings (SSSR count). The number of anilines is 2. The highest BCUT2D eigenvalue weighted by atomic mass is 16.5. The molecule has 2 aromatic carbocycles. The third-order valence-electron chi connectivity index (χ3n) is 10.6. The van der Waals surface area contributed by atoms with Gasteiger partial charge >= 0.3 is 0 Å². The zero-order chi connectivity index (χ0) is 32.5. The number of fused-ring (bicyclic) bond motifs is 1. The van der Waals surface area contributed by atoms with Gasteiger partial charge in [-0.15, -0.1) is 0 Å². The molecule has 0 bridgehead atoms. The van der Waals surface area contributed by atoms with Crippen molar-refractivity contribution in [3.63, 3.8) is 0 Å². The van der Waals surface area contributed by atoms with E-state index in [1.165, 1.54) is 18.5 Å². The molecule has 0 unspecified atom stereocenters. The molecule has 10 heteroatoms. The van der Waals surface area contributed by atoms with E-state index in [0.29, 0.717) is 41.8 Å². The second-order valence-electron chi connectivity index (χ2n) is 13.8. The number of hydrogen-bond donors (Lipinski definition) is 2. The first-order chi connectivity index (χ1) is 22.8. The van der Waals surface area contributed by atoms with Crippen molar-refractivity contribution in [2.24, 2.45) is 0 Å². The predicted octanol–water partition coefficient (Wildman–Crippen LogP) is 5.44. The van der Waals surface area contributed by atoms with Gasteiger partial charge in [-0.1, -0.05) is 12.1 Å². The fourth-order valence-corrected chi connectivity index (χ4v) is 7.64. The van der Waals surface area contributed by atoms with Crippen LogP contribution in [0.4, 0.5) is 11.6 Å². The molecule has 4 aromatic rings. The van der Waals surface area contributed by atoms with Gasteiger partial charge in [0.1, 0.15) is 5.75 Å². The number of hydrogen-bond acceptors (Lipinski definition) is 8. The van der Waals surface area contributed by atoms with E-state index in [-0.39, 0.29) is 11.9 Å². The first-order valence-corrected chi connectivity index (χ1v) is 17.1. The number of benzene rings is 2. The standard InChI is InChI=1S/C37H47N7O3/c1-37(46)15-10-28(11-16-37)44-33-25-29(42-18-13-27(14-19-42)43-22-20-41(2)21-23-43)8-9-31(33)39-36(44)40-35(45)26-12-17-38-32(24-26)30-6-4-5-7-34(30)47-3/h4-9,12,17,24-25,27-28,46H,10-11,13-16,18-23H2,1-3H3,(H,39,40,45). The number of nitrogens with zero attached hydrogens (tertiary/aromatic N) is 6. The van der Waals surface area contributed by atoms with Crippen LogP contribution in [0.5, 0.6) is 5.75 Å². The number of imidazole rings is 1. The number of amides is 1. The quantitative estimate of drug-likeness (QED) is 0.277. The molecule has 3 fully saturated rings. The van der Waals surface area contributed by atoms with Crippen LogP contribution in [0.3, 0.4) is 0 Å². The van der Waals surface area contributed by atoms with Gasteiger partial charge < -0.3 is 24.2 Å². The van der Waals surface area contributed by atoms with Crippen molar-refractivity contribution in [2.75, 3.05) is 63.6 Å². The van der Waals surface area contributed by atoms with Crippen molar-refractivity contribution in [3.8, 4) is 17.0 Å². The summed E-state index contributed by atoms with van der Waals surface area (Å²) in [6.45, 7) is 8.62. The molecule has 3 aliphatic rings. The van der Waals surface area contributed by atoms with Crippen LogP contribution in [0.1, 0.15) is 61.8 Å². The molecule has 10 nitrogen and oxygen atoms in total. The van der Waals surface area contributed by atoms with Gasteiger partial charge in [-0.05, 0) is 95.0 Å². The third kappa shape index (κ3) is 6.72. The van der Waals surface area contributed by atoms with Gasteiger partial charge in [0.05, 0.1) is 29.4 Å². The number of pyridine rings is 1. The van der Waals surface area contributed by atoms with Gasteiger partial charge in [0.25, 0.3) is 5.91 Å². The predicted molar refractivity (Wildman–Crippen MR) is 186 cm³/mol. The Morgan fingerprint density at radius 1 is 0.936 bits per heavy atom. The molecule has 4 heterocycles. The van der Waals surface area contributed by atoms with Crippen LogP contribution in [0, 0.1) is 0 Å². The van der Waals surface area contributed by atoms with Crippen molar-refractivity contribution in [1.82, 2.24) is 24.3 Å². The summed E-state index contributed by atoms with van der Waals surface area (Å²) in [7, 11) is 3.85. The smallest absolute Gasteiger partial charge is 0.258 e. The molecule has 0 atom stereocenters. The Morgan fingerprint density at radius 2 is 1.68 bits per heavy atom. The van der Waals surface area contributed by atoms with E-state index in [0.717, 1.165) is 68.7 Å². The van der Waals surface area contributed by atoms with E-state index in [1.54, 1.807) is 25.4 Å². The molecular formula is C37H47N7O3. The lowest BCUT2D eigenvalue weighted by atomic mass is 9.83. The second-order valence-corrected chi connectivity index (χ2v) is 13.8. The minimum atomic E-state index is -0.665. The lowest BCUT2D eigenvalue weighted by molar-refractivity contribution is 0.0106. The normalized spacial score (nSPS) is 23.2. The Labute approximate surface area is 277 Å². The number of likely N-dealkylation sites (N-methyl/N-ethyl adjacent to an activating group) is 1. The number of piperazine rings is 1. The van der Waals surface area contributed by atoms with Crippen molar-refractivity contribution in [1.29, 1.82) is 0 Å². The van der Waals surface area contributed by atoms with Gasteiger partial charge in [-0.3, -0.25) is 20.0 Å². The van der Waals surface area contributed by atoms with Gasteiger partial charge in [-0.25, -0.2) is 4.98 Å². The van der Waals surface area contributed by atoms with E-state index in [1.807, 2.05) is 31.2 Å². The highest BCUT2D eigenvalue weighted by Gasteiger charge is 2.32. The largest absolute Gasteiger partial charge is 0.496 e. The number of carbonyl (C=O) groups is 1. The maximum atomic E-state index is 13.8. The minimum absolute atomic E-state index is 0.121. The highest BCUT2D eigenvalue weighted by Crippen LogP contribution is 2.39. The average Bonchev–Trinajstić information content (AvgIpc) is 3.45. The fraction of sp³-hybridized carbons (Fsp3) is 0.486. The number of piperidine rings is 1.